The topological polar surface area (TPSA) is 48.1 Å². The highest BCUT2D eigenvalue weighted by atomic mass is 35.5. The molecule has 0 saturated heterocycles. The summed E-state index contributed by atoms with van der Waals surface area (Å²) in [5.74, 6) is 1.05. The van der Waals surface area contributed by atoms with Crippen LogP contribution in [0.4, 0.5) is 4.39 Å². The molecule has 2 rings (SSSR count). The Labute approximate surface area is 162 Å². The van der Waals surface area contributed by atoms with E-state index < -0.39 is 5.82 Å². The van der Waals surface area contributed by atoms with Gasteiger partial charge in [0.1, 0.15) is 17.3 Å². The number of nitrogens with zero attached hydrogens (tertiary/aromatic N) is 3. The Morgan fingerprint density at radius 3 is 2.48 bits per heavy atom. The fourth-order valence-corrected chi connectivity index (χ4v) is 2.35. The third-order valence-electron chi connectivity index (χ3n) is 3.33. The maximum absolute atomic E-state index is 13.8. The molecule has 0 N–H and O–H groups in total. The number of hydrogen-bond donors (Lipinski definition) is 0. The van der Waals surface area contributed by atoms with E-state index in [2.05, 4.69) is 10.1 Å². The molecule has 0 atom stereocenters. The molecule has 1 heterocycles. The van der Waals surface area contributed by atoms with Crippen molar-refractivity contribution in [3.05, 3.63) is 76.8 Å². The molecule has 0 aliphatic heterocycles. The molecule has 0 spiro atoms. The molecule has 0 amide bonds. The van der Waals surface area contributed by atoms with Crippen molar-refractivity contribution in [1.82, 2.24) is 4.68 Å². The van der Waals surface area contributed by atoms with Crippen LogP contribution in [-0.4, -0.2) is 17.7 Å². The molecule has 2 aromatic rings. The van der Waals surface area contributed by atoms with Crippen LogP contribution in [0.25, 0.3) is 0 Å². The van der Waals surface area contributed by atoms with Crippen molar-refractivity contribution in [2.75, 3.05) is 7.11 Å². The lowest BCUT2D eigenvalue weighted by Gasteiger charge is -2.08. The first kappa shape index (κ1) is 20.5. The Morgan fingerprint density at radius 2 is 1.85 bits per heavy atom. The molecule has 7 heteroatoms. The van der Waals surface area contributed by atoms with Gasteiger partial charge >= 0.3 is 0 Å². The summed E-state index contributed by atoms with van der Waals surface area (Å²) in [4.78, 5) is 4.41. The molecule has 5 nitrogen and oxygen atoms in total. The largest absolute Gasteiger partial charge is 0.497 e. The summed E-state index contributed by atoms with van der Waals surface area (Å²) < 4.78 is 25.8. The van der Waals surface area contributed by atoms with Crippen LogP contribution in [0.2, 0.25) is 5.02 Å². The quantitative estimate of drug-likeness (QED) is 0.413. The summed E-state index contributed by atoms with van der Waals surface area (Å²) in [6.07, 6.45) is 6.73. The summed E-state index contributed by atoms with van der Waals surface area (Å²) in [5, 5.41) is 4.41. The van der Waals surface area contributed by atoms with Gasteiger partial charge in [0.15, 0.2) is 5.49 Å². The van der Waals surface area contributed by atoms with Gasteiger partial charge in [-0.25, -0.2) is 14.1 Å². The molecule has 0 aliphatic carbocycles. The molecule has 0 aliphatic rings. The highest BCUT2D eigenvalue weighted by Crippen LogP contribution is 2.17. The van der Waals surface area contributed by atoms with Crippen molar-refractivity contribution in [2.45, 2.75) is 20.8 Å². The fourth-order valence-electron chi connectivity index (χ4n) is 2.12. The Bertz CT molecular complexity index is 945. The van der Waals surface area contributed by atoms with Crippen molar-refractivity contribution in [3.8, 4) is 11.5 Å². The number of aromatic nitrogens is 1. The van der Waals surface area contributed by atoms with Crippen LogP contribution in [0.5, 0.6) is 11.5 Å². The molecule has 0 unspecified atom stereocenters. The molecule has 0 radical (unpaired) electrons. The zero-order valence-corrected chi connectivity index (χ0v) is 16.4. The maximum atomic E-state index is 13.8. The molecular weight excluding hydrogens is 369 g/mol. The van der Waals surface area contributed by atoms with Crippen LogP contribution in [0.1, 0.15) is 20.8 Å². The van der Waals surface area contributed by atoms with E-state index in [1.54, 1.807) is 38.3 Å². The van der Waals surface area contributed by atoms with Crippen LogP contribution in [0.3, 0.4) is 0 Å². The minimum Gasteiger partial charge on any atom is -0.497 e. The zero-order valence-electron chi connectivity index (χ0n) is 15.6. The van der Waals surface area contributed by atoms with Gasteiger partial charge < -0.3 is 9.47 Å². The number of halogens is 2. The van der Waals surface area contributed by atoms with E-state index in [-0.39, 0.29) is 5.02 Å². The Balaban J connectivity index is 2.40. The van der Waals surface area contributed by atoms with Gasteiger partial charge in [-0.1, -0.05) is 23.8 Å². The number of benzene rings is 1. The number of hydrogen-bond acceptors (Lipinski definition) is 4. The van der Waals surface area contributed by atoms with Gasteiger partial charge in [0.05, 0.1) is 18.3 Å². The molecule has 142 valence electrons. The monoisotopic (exact) mass is 389 g/mol. The molecule has 1 aromatic carbocycles. The average Bonchev–Trinajstić information content (AvgIpc) is 2.63. The van der Waals surface area contributed by atoms with Crippen LogP contribution < -0.4 is 15.0 Å². The van der Waals surface area contributed by atoms with Crippen molar-refractivity contribution in [1.29, 1.82) is 0 Å². The van der Waals surface area contributed by atoms with Crippen molar-refractivity contribution >= 4 is 17.5 Å². The van der Waals surface area contributed by atoms with E-state index in [1.807, 2.05) is 32.1 Å². The highest BCUT2D eigenvalue weighted by Gasteiger charge is 2.05. The predicted molar refractivity (Wildman–Crippen MR) is 106 cm³/mol. The Hall–Kier alpha value is -2.86. The van der Waals surface area contributed by atoms with Crippen LogP contribution in [0, 0.1) is 5.82 Å². The minimum absolute atomic E-state index is 0.143. The zero-order chi connectivity index (χ0) is 19.8. The standard InChI is InChI=1S/C20H21ClFN3O2/c1-5-6-7-14(2)23-20-19(21)12-16(22)13-25(20)24-15(3)27-18-10-8-17(26-4)9-11-18/h5-13H,1-4H3/b6-5+,14-7+,23-20?,24-15+. The van der Waals surface area contributed by atoms with Gasteiger partial charge in [0.25, 0.3) is 0 Å². The first-order valence-corrected chi connectivity index (χ1v) is 8.60. The third-order valence-corrected chi connectivity index (χ3v) is 3.60. The number of rotatable bonds is 5. The number of allylic oxidation sites excluding steroid dienone is 4. The maximum Gasteiger partial charge on any atom is 0.209 e. The fraction of sp³-hybridized carbons (Fsp3) is 0.200. The van der Waals surface area contributed by atoms with Crippen LogP contribution >= 0.6 is 11.6 Å². The highest BCUT2D eigenvalue weighted by molar-refractivity contribution is 6.30. The molecule has 0 saturated carbocycles. The lowest BCUT2D eigenvalue weighted by Crippen LogP contribution is -2.21. The minimum atomic E-state index is -0.532. The molecule has 0 fully saturated rings. The molecule has 1 aromatic heterocycles. The lowest BCUT2D eigenvalue weighted by molar-refractivity contribution is 0.413. The number of pyridine rings is 1. The van der Waals surface area contributed by atoms with Crippen molar-refractivity contribution < 1.29 is 13.9 Å². The third kappa shape index (κ3) is 6.11. The molecular formula is C20H21ClFN3O2. The Kier molecular flexibility index (Phi) is 7.37. The lowest BCUT2D eigenvalue weighted by atomic mass is 10.3. The van der Waals surface area contributed by atoms with E-state index >= 15 is 0 Å². The van der Waals surface area contributed by atoms with Gasteiger partial charge in [-0.3, -0.25) is 0 Å². The smallest absolute Gasteiger partial charge is 0.209 e. The summed E-state index contributed by atoms with van der Waals surface area (Å²) in [5.41, 5.74) is 0.994. The SMILES string of the molecule is C/C=C/C=C(\C)N=c1c(Cl)cc(F)cn1/N=C(\C)Oc1ccc(OC)cc1. The van der Waals surface area contributed by atoms with E-state index in [9.17, 15) is 4.39 Å². The normalized spacial score (nSPS) is 13.3. The summed E-state index contributed by atoms with van der Waals surface area (Å²) >= 11 is 6.17. The van der Waals surface area contributed by atoms with E-state index in [0.717, 1.165) is 0 Å². The van der Waals surface area contributed by atoms with Crippen molar-refractivity contribution in [2.24, 2.45) is 10.1 Å². The van der Waals surface area contributed by atoms with E-state index in [4.69, 9.17) is 21.1 Å². The second-order valence-electron chi connectivity index (χ2n) is 5.52. The Morgan fingerprint density at radius 1 is 1.19 bits per heavy atom. The van der Waals surface area contributed by atoms with E-state index in [1.165, 1.54) is 16.9 Å². The molecule has 27 heavy (non-hydrogen) atoms. The molecule has 0 bridgehead atoms. The van der Waals surface area contributed by atoms with Crippen molar-refractivity contribution in [3.63, 3.8) is 0 Å². The van der Waals surface area contributed by atoms with Gasteiger partial charge in [0, 0.05) is 12.6 Å². The second-order valence-corrected chi connectivity index (χ2v) is 5.92. The van der Waals surface area contributed by atoms with Crippen LogP contribution in [0.15, 0.2) is 70.5 Å². The first-order chi connectivity index (χ1) is 12.9. The predicted octanol–water partition coefficient (Wildman–Crippen LogP) is 4.93. The summed E-state index contributed by atoms with van der Waals surface area (Å²) in [6, 6.07) is 8.22. The number of methoxy groups -OCH3 is 1. The summed E-state index contributed by atoms with van der Waals surface area (Å²) in [6.45, 7) is 5.37. The van der Waals surface area contributed by atoms with Crippen LogP contribution in [-0.2, 0) is 0 Å². The van der Waals surface area contributed by atoms with Gasteiger partial charge in [0.2, 0.25) is 5.90 Å². The van der Waals surface area contributed by atoms with E-state index in [0.29, 0.717) is 28.6 Å². The number of ether oxygens (including phenoxy) is 2. The second kappa shape index (κ2) is 9.73. The van der Waals surface area contributed by atoms with Gasteiger partial charge in [-0.15, -0.1) is 5.10 Å². The first-order valence-electron chi connectivity index (χ1n) is 8.22. The summed E-state index contributed by atoms with van der Waals surface area (Å²) in [7, 11) is 1.59. The average molecular weight is 390 g/mol. The van der Waals surface area contributed by atoms with Gasteiger partial charge in [-0.2, -0.15) is 0 Å². The van der Waals surface area contributed by atoms with Gasteiger partial charge in [-0.05, 0) is 50.3 Å².